The average molecular weight is 380 g/mol. The Bertz CT molecular complexity index is 875. The first kappa shape index (κ1) is 18.7. The van der Waals surface area contributed by atoms with Crippen LogP contribution in [0.25, 0.3) is 0 Å². The summed E-state index contributed by atoms with van der Waals surface area (Å²) in [6.07, 6.45) is 2.46. The van der Waals surface area contributed by atoms with Crippen molar-refractivity contribution < 1.29 is 14.0 Å². The molecule has 2 aliphatic rings. The molecule has 2 amide bonds. The second-order valence-electron chi connectivity index (χ2n) is 8.13. The van der Waals surface area contributed by atoms with Crippen molar-refractivity contribution in [2.75, 3.05) is 26.7 Å². The summed E-state index contributed by atoms with van der Waals surface area (Å²) >= 11 is 0. The maximum Gasteiger partial charge on any atom is 0.256 e. The van der Waals surface area contributed by atoms with Crippen LogP contribution in [0.1, 0.15) is 41.1 Å². The Balaban J connectivity index is 1.49. The maximum atomic E-state index is 14.0. The maximum absolute atomic E-state index is 14.0. The van der Waals surface area contributed by atoms with E-state index >= 15 is 0 Å². The topological polar surface area (TPSA) is 40.6 Å². The van der Waals surface area contributed by atoms with Crippen molar-refractivity contribution in [2.24, 2.45) is 5.41 Å². The number of hydrogen-bond donors (Lipinski definition) is 0. The molecular weight excluding hydrogens is 355 g/mol. The number of piperidine rings is 2. The normalized spacial score (nSPS) is 21.8. The number of carbonyl (C=O) groups is 2. The lowest BCUT2D eigenvalue weighted by Gasteiger charge is -2.49. The van der Waals surface area contributed by atoms with Crippen LogP contribution in [-0.2, 0) is 4.79 Å². The fourth-order valence-electron chi connectivity index (χ4n) is 4.73. The second kappa shape index (κ2) is 7.38. The number of amides is 2. The number of benzene rings is 2. The van der Waals surface area contributed by atoms with E-state index in [1.807, 2.05) is 42.3 Å². The molecule has 4 rings (SSSR count). The molecule has 1 atom stereocenters. The lowest BCUT2D eigenvalue weighted by Crippen LogP contribution is -2.53. The minimum Gasteiger partial charge on any atom is -0.345 e. The third-order valence-electron chi connectivity index (χ3n) is 6.30. The van der Waals surface area contributed by atoms with Crippen molar-refractivity contribution in [2.45, 2.75) is 25.2 Å². The van der Waals surface area contributed by atoms with Crippen molar-refractivity contribution in [1.29, 1.82) is 0 Å². The highest BCUT2D eigenvalue weighted by Crippen LogP contribution is 2.45. The van der Waals surface area contributed by atoms with Gasteiger partial charge in [-0.25, -0.2) is 4.39 Å². The van der Waals surface area contributed by atoms with Gasteiger partial charge in [0.1, 0.15) is 5.82 Å². The van der Waals surface area contributed by atoms with Crippen LogP contribution in [0.3, 0.4) is 0 Å². The van der Waals surface area contributed by atoms with E-state index in [9.17, 15) is 14.0 Å². The largest absolute Gasteiger partial charge is 0.345 e. The van der Waals surface area contributed by atoms with Gasteiger partial charge in [-0.05, 0) is 42.4 Å². The van der Waals surface area contributed by atoms with E-state index in [-0.39, 0.29) is 28.7 Å². The molecule has 0 bridgehead atoms. The zero-order valence-corrected chi connectivity index (χ0v) is 16.1. The summed E-state index contributed by atoms with van der Waals surface area (Å²) in [6.45, 7) is 1.91. The molecule has 0 saturated carbocycles. The quantitative estimate of drug-likeness (QED) is 0.797. The van der Waals surface area contributed by atoms with Gasteiger partial charge in [0.05, 0.1) is 11.5 Å². The van der Waals surface area contributed by atoms with Gasteiger partial charge in [-0.1, -0.05) is 42.5 Å². The van der Waals surface area contributed by atoms with Crippen LogP contribution in [0.4, 0.5) is 4.39 Å². The number of hydrogen-bond acceptors (Lipinski definition) is 2. The SMILES string of the molecule is CN1CC2(CCN(C(=O)c3ccccc3F)CC2)C[C@@H](c2ccccc2)C1=O. The van der Waals surface area contributed by atoms with E-state index < -0.39 is 5.82 Å². The number of nitrogens with zero attached hydrogens (tertiary/aromatic N) is 2. The van der Waals surface area contributed by atoms with E-state index in [1.54, 1.807) is 23.1 Å². The van der Waals surface area contributed by atoms with Gasteiger partial charge in [0.2, 0.25) is 5.91 Å². The molecule has 0 N–H and O–H groups in total. The van der Waals surface area contributed by atoms with E-state index in [0.717, 1.165) is 31.4 Å². The molecule has 2 saturated heterocycles. The number of halogens is 1. The Labute approximate surface area is 164 Å². The molecular formula is C23H25FN2O2. The predicted octanol–water partition coefficient (Wildman–Crippen LogP) is 3.69. The first-order valence-corrected chi connectivity index (χ1v) is 9.83. The lowest BCUT2D eigenvalue weighted by atomic mass is 9.67. The van der Waals surface area contributed by atoms with Gasteiger partial charge < -0.3 is 9.80 Å². The highest BCUT2D eigenvalue weighted by molar-refractivity contribution is 5.94. The molecule has 0 aromatic heterocycles. The van der Waals surface area contributed by atoms with Crippen molar-refractivity contribution in [3.63, 3.8) is 0 Å². The van der Waals surface area contributed by atoms with Crippen LogP contribution in [0, 0.1) is 11.2 Å². The third kappa shape index (κ3) is 3.41. The summed E-state index contributed by atoms with van der Waals surface area (Å²) < 4.78 is 14.0. The van der Waals surface area contributed by atoms with Gasteiger partial charge in [-0.15, -0.1) is 0 Å². The first-order chi connectivity index (χ1) is 13.5. The second-order valence-corrected chi connectivity index (χ2v) is 8.13. The predicted molar refractivity (Wildman–Crippen MR) is 105 cm³/mol. The summed E-state index contributed by atoms with van der Waals surface area (Å²) in [7, 11) is 1.87. The molecule has 0 aliphatic carbocycles. The Morgan fingerprint density at radius 3 is 2.36 bits per heavy atom. The molecule has 0 unspecified atom stereocenters. The fourth-order valence-corrected chi connectivity index (χ4v) is 4.73. The van der Waals surface area contributed by atoms with E-state index in [0.29, 0.717) is 13.1 Å². The van der Waals surface area contributed by atoms with Gasteiger partial charge in [0.15, 0.2) is 0 Å². The highest BCUT2D eigenvalue weighted by atomic mass is 19.1. The monoisotopic (exact) mass is 380 g/mol. The van der Waals surface area contributed by atoms with Crippen LogP contribution in [-0.4, -0.2) is 48.3 Å². The number of carbonyl (C=O) groups excluding carboxylic acids is 2. The Hall–Kier alpha value is -2.69. The smallest absolute Gasteiger partial charge is 0.256 e. The van der Waals surface area contributed by atoms with Gasteiger partial charge >= 0.3 is 0 Å². The van der Waals surface area contributed by atoms with Crippen molar-refractivity contribution in [1.82, 2.24) is 9.80 Å². The molecule has 28 heavy (non-hydrogen) atoms. The molecule has 146 valence electrons. The van der Waals surface area contributed by atoms with E-state index in [1.165, 1.54) is 6.07 Å². The molecule has 5 heteroatoms. The highest BCUT2D eigenvalue weighted by Gasteiger charge is 2.45. The van der Waals surface area contributed by atoms with E-state index in [4.69, 9.17) is 0 Å². The number of rotatable bonds is 2. The number of likely N-dealkylation sites (N-methyl/N-ethyl adjacent to an activating group) is 1. The van der Waals surface area contributed by atoms with Gasteiger partial charge in [-0.3, -0.25) is 9.59 Å². The fraction of sp³-hybridized carbons (Fsp3) is 0.391. The molecule has 2 heterocycles. The minimum atomic E-state index is -0.472. The van der Waals surface area contributed by atoms with Crippen LogP contribution < -0.4 is 0 Å². The summed E-state index contributed by atoms with van der Waals surface area (Å²) in [5.74, 6) is -0.678. The van der Waals surface area contributed by atoms with Crippen molar-refractivity contribution in [3.8, 4) is 0 Å². The summed E-state index contributed by atoms with van der Waals surface area (Å²) in [6, 6.07) is 16.1. The Morgan fingerprint density at radius 1 is 1.04 bits per heavy atom. The Kier molecular flexibility index (Phi) is 4.92. The average Bonchev–Trinajstić information content (AvgIpc) is 2.72. The van der Waals surface area contributed by atoms with Crippen LogP contribution in [0.15, 0.2) is 54.6 Å². The van der Waals surface area contributed by atoms with E-state index in [2.05, 4.69) is 0 Å². The van der Waals surface area contributed by atoms with Crippen molar-refractivity contribution in [3.05, 3.63) is 71.5 Å². The van der Waals surface area contributed by atoms with Gasteiger partial charge in [0, 0.05) is 26.7 Å². The molecule has 0 radical (unpaired) electrons. The lowest BCUT2D eigenvalue weighted by molar-refractivity contribution is -0.139. The zero-order valence-electron chi connectivity index (χ0n) is 16.1. The minimum absolute atomic E-state index is 0.00911. The molecule has 2 aliphatic heterocycles. The van der Waals surface area contributed by atoms with Crippen LogP contribution in [0.5, 0.6) is 0 Å². The molecule has 2 aromatic carbocycles. The van der Waals surface area contributed by atoms with Gasteiger partial charge in [-0.2, -0.15) is 0 Å². The van der Waals surface area contributed by atoms with Gasteiger partial charge in [0.25, 0.3) is 5.91 Å². The standard InChI is InChI=1S/C23H25FN2O2/c1-25-16-23(15-19(21(25)27)17-7-3-2-4-8-17)11-13-26(14-12-23)22(28)18-9-5-6-10-20(18)24/h2-10,19H,11-16H2,1H3/t19-/m0/s1. The summed E-state index contributed by atoms with van der Waals surface area (Å²) in [5.41, 5.74) is 1.20. The third-order valence-corrected chi connectivity index (χ3v) is 6.30. The van der Waals surface area contributed by atoms with Crippen molar-refractivity contribution >= 4 is 11.8 Å². The molecule has 2 aromatic rings. The molecule has 1 spiro atoms. The number of likely N-dealkylation sites (tertiary alicyclic amines) is 2. The first-order valence-electron chi connectivity index (χ1n) is 9.83. The molecule has 2 fully saturated rings. The van der Waals surface area contributed by atoms with Crippen LogP contribution in [0.2, 0.25) is 0 Å². The zero-order chi connectivity index (χ0) is 19.7. The summed E-state index contributed by atoms with van der Waals surface area (Å²) in [4.78, 5) is 29.1. The summed E-state index contributed by atoms with van der Waals surface area (Å²) in [5, 5.41) is 0. The Morgan fingerprint density at radius 2 is 1.68 bits per heavy atom. The van der Waals surface area contributed by atoms with Crippen LogP contribution >= 0.6 is 0 Å². The molecule has 4 nitrogen and oxygen atoms in total.